The molecule has 0 spiro atoms. The van der Waals surface area contributed by atoms with E-state index < -0.39 is 0 Å². The first kappa shape index (κ1) is 17.6. The van der Waals surface area contributed by atoms with Crippen LogP contribution in [0, 0.1) is 0 Å². The number of hydrogen-bond acceptors (Lipinski definition) is 3. The lowest BCUT2D eigenvalue weighted by Crippen LogP contribution is -2.11. The number of hydrogen-bond donors (Lipinski definition) is 0. The van der Waals surface area contributed by atoms with Crippen molar-refractivity contribution in [1.82, 2.24) is 14.8 Å². The third-order valence-corrected chi connectivity index (χ3v) is 4.05. The molecule has 0 bridgehead atoms. The van der Waals surface area contributed by atoms with Crippen LogP contribution in [0.4, 0.5) is 0 Å². The van der Waals surface area contributed by atoms with Gasteiger partial charge in [-0.3, -0.25) is 0 Å². The number of rotatable bonds is 12. The smallest absolute Gasteiger partial charge is 0.143 e. The lowest BCUT2D eigenvalue weighted by molar-refractivity contribution is 0.185. The maximum absolute atomic E-state index is 5.16. The Labute approximate surface area is 131 Å². The Kier molecular flexibility index (Phi) is 9.93. The van der Waals surface area contributed by atoms with E-state index in [0.717, 1.165) is 29.9 Å². The summed E-state index contributed by atoms with van der Waals surface area (Å²) in [5.74, 6) is 2.10. The number of nitrogens with zero attached hydrogens (tertiary/aromatic N) is 3. The van der Waals surface area contributed by atoms with Crippen LogP contribution in [0.15, 0.2) is 0 Å². The highest BCUT2D eigenvalue weighted by Crippen LogP contribution is 2.12. The van der Waals surface area contributed by atoms with Gasteiger partial charge in [-0.05, 0) is 6.42 Å². The largest absolute Gasteiger partial charge is 0.383 e. The zero-order chi connectivity index (χ0) is 14.6. The summed E-state index contributed by atoms with van der Waals surface area (Å²) >= 11 is 3.47. The molecule has 1 aromatic rings. The molecular formula is C15H28BrN3O. The number of halogens is 1. The van der Waals surface area contributed by atoms with Gasteiger partial charge in [-0.15, -0.1) is 10.2 Å². The Hall–Kier alpha value is -0.420. The van der Waals surface area contributed by atoms with Gasteiger partial charge in [0, 0.05) is 20.1 Å². The van der Waals surface area contributed by atoms with Crippen LogP contribution >= 0.6 is 15.9 Å². The van der Waals surface area contributed by atoms with Crippen molar-refractivity contribution >= 4 is 15.9 Å². The van der Waals surface area contributed by atoms with Crippen molar-refractivity contribution in [3.05, 3.63) is 11.6 Å². The molecule has 5 heteroatoms. The number of alkyl halides is 1. The van der Waals surface area contributed by atoms with Crippen molar-refractivity contribution < 1.29 is 4.74 Å². The summed E-state index contributed by atoms with van der Waals surface area (Å²) < 4.78 is 7.35. The van der Waals surface area contributed by atoms with E-state index in [-0.39, 0.29) is 0 Å². The van der Waals surface area contributed by atoms with Gasteiger partial charge in [0.1, 0.15) is 11.6 Å². The monoisotopic (exact) mass is 345 g/mol. The predicted molar refractivity (Wildman–Crippen MR) is 86.2 cm³/mol. The number of aromatic nitrogens is 3. The molecule has 0 unspecified atom stereocenters. The number of unbranched alkanes of at least 4 members (excludes halogenated alkanes) is 6. The molecule has 0 fully saturated rings. The SMILES string of the molecule is CCCCCCCCCc1nnc(CBr)n1CCOC. The first-order valence-electron chi connectivity index (χ1n) is 7.79. The van der Waals surface area contributed by atoms with Gasteiger partial charge in [-0.2, -0.15) is 0 Å². The van der Waals surface area contributed by atoms with E-state index in [1.54, 1.807) is 7.11 Å². The van der Waals surface area contributed by atoms with E-state index in [1.165, 1.54) is 44.9 Å². The van der Waals surface area contributed by atoms with Crippen LogP contribution in [0.25, 0.3) is 0 Å². The standard InChI is InChI=1S/C15H28BrN3O/c1-3-4-5-6-7-8-9-10-14-17-18-15(13-16)19(14)11-12-20-2/h3-13H2,1-2H3. The predicted octanol–water partition coefficient (Wildman–Crippen LogP) is 4.11. The van der Waals surface area contributed by atoms with Gasteiger partial charge in [0.05, 0.1) is 11.9 Å². The number of ether oxygens (including phenoxy) is 1. The molecule has 0 saturated heterocycles. The normalized spacial score (nSPS) is 11.2. The summed E-state index contributed by atoms with van der Waals surface area (Å²) in [5.41, 5.74) is 0. The molecule has 0 saturated carbocycles. The van der Waals surface area contributed by atoms with Gasteiger partial charge in [0.2, 0.25) is 0 Å². The summed E-state index contributed by atoms with van der Waals surface area (Å²) in [6.45, 7) is 3.81. The van der Waals surface area contributed by atoms with Crippen LogP contribution in [0.3, 0.4) is 0 Å². The Bertz CT molecular complexity index is 355. The molecule has 116 valence electrons. The van der Waals surface area contributed by atoms with Crippen molar-refractivity contribution in [2.45, 2.75) is 70.2 Å². The maximum Gasteiger partial charge on any atom is 0.143 e. The van der Waals surface area contributed by atoms with Crippen molar-refractivity contribution in [3.63, 3.8) is 0 Å². The molecule has 20 heavy (non-hydrogen) atoms. The second-order valence-electron chi connectivity index (χ2n) is 5.18. The quantitative estimate of drug-likeness (QED) is 0.422. The van der Waals surface area contributed by atoms with Gasteiger partial charge in [-0.25, -0.2) is 0 Å². The van der Waals surface area contributed by atoms with Gasteiger partial charge in [-0.1, -0.05) is 61.4 Å². The minimum absolute atomic E-state index is 0.710. The molecule has 0 aromatic carbocycles. The van der Waals surface area contributed by atoms with Crippen LogP contribution in [0.2, 0.25) is 0 Å². The van der Waals surface area contributed by atoms with Crippen molar-refractivity contribution in [2.24, 2.45) is 0 Å². The van der Waals surface area contributed by atoms with E-state index in [2.05, 4.69) is 37.6 Å². The molecule has 0 radical (unpaired) electrons. The van der Waals surface area contributed by atoms with Gasteiger partial charge >= 0.3 is 0 Å². The second-order valence-corrected chi connectivity index (χ2v) is 5.74. The molecule has 1 aromatic heterocycles. The van der Waals surface area contributed by atoms with Crippen molar-refractivity contribution in [2.75, 3.05) is 13.7 Å². The van der Waals surface area contributed by atoms with E-state index in [0.29, 0.717) is 6.61 Å². The molecule has 1 heterocycles. The highest BCUT2D eigenvalue weighted by atomic mass is 79.9. The van der Waals surface area contributed by atoms with E-state index in [4.69, 9.17) is 4.74 Å². The van der Waals surface area contributed by atoms with E-state index >= 15 is 0 Å². The molecule has 0 amide bonds. The molecule has 0 aliphatic heterocycles. The topological polar surface area (TPSA) is 39.9 Å². The fourth-order valence-electron chi connectivity index (χ4n) is 2.34. The minimum Gasteiger partial charge on any atom is -0.383 e. The summed E-state index contributed by atoms with van der Waals surface area (Å²) in [4.78, 5) is 0. The van der Waals surface area contributed by atoms with Crippen LogP contribution in [-0.2, 0) is 23.0 Å². The molecule has 4 nitrogen and oxygen atoms in total. The first-order chi connectivity index (χ1) is 9.83. The highest BCUT2D eigenvalue weighted by molar-refractivity contribution is 9.08. The fraction of sp³-hybridized carbons (Fsp3) is 0.867. The molecule has 0 aliphatic carbocycles. The molecule has 0 N–H and O–H groups in total. The van der Waals surface area contributed by atoms with Crippen LogP contribution in [0.1, 0.15) is 63.5 Å². The number of methoxy groups -OCH3 is 1. The summed E-state index contributed by atoms with van der Waals surface area (Å²) in [6.07, 6.45) is 10.3. The van der Waals surface area contributed by atoms with Crippen LogP contribution in [0.5, 0.6) is 0 Å². The average molecular weight is 346 g/mol. The van der Waals surface area contributed by atoms with E-state index in [1.807, 2.05) is 0 Å². The Balaban J connectivity index is 2.30. The minimum atomic E-state index is 0.710. The summed E-state index contributed by atoms with van der Waals surface area (Å²) in [5, 5.41) is 9.30. The van der Waals surface area contributed by atoms with Crippen LogP contribution < -0.4 is 0 Å². The number of aryl methyl sites for hydroxylation is 1. The zero-order valence-electron chi connectivity index (χ0n) is 12.9. The summed E-state index contributed by atoms with van der Waals surface area (Å²) in [7, 11) is 1.73. The maximum atomic E-state index is 5.16. The lowest BCUT2D eigenvalue weighted by atomic mass is 10.1. The Morgan fingerprint density at radius 3 is 2.30 bits per heavy atom. The van der Waals surface area contributed by atoms with Gasteiger partial charge in [0.15, 0.2) is 0 Å². The summed E-state index contributed by atoms with van der Waals surface area (Å²) in [6, 6.07) is 0. The molecule has 0 aliphatic rings. The average Bonchev–Trinajstić information content (AvgIpc) is 2.86. The first-order valence-corrected chi connectivity index (χ1v) is 8.91. The van der Waals surface area contributed by atoms with Crippen molar-refractivity contribution in [1.29, 1.82) is 0 Å². The Morgan fingerprint density at radius 2 is 1.65 bits per heavy atom. The van der Waals surface area contributed by atoms with Gasteiger partial charge in [0.25, 0.3) is 0 Å². The van der Waals surface area contributed by atoms with E-state index in [9.17, 15) is 0 Å². The third kappa shape index (κ3) is 6.35. The van der Waals surface area contributed by atoms with Crippen molar-refractivity contribution in [3.8, 4) is 0 Å². The fourth-order valence-corrected chi connectivity index (χ4v) is 2.75. The zero-order valence-corrected chi connectivity index (χ0v) is 14.5. The lowest BCUT2D eigenvalue weighted by Gasteiger charge is -2.08. The molecule has 0 atom stereocenters. The highest BCUT2D eigenvalue weighted by Gasteiger charge is 2.10. The van der Waals surface area contributed by atoms with Crippen LogP contribution in [-0.4, -0.2) is 28.5 Å². The Morgan fingerprint density at radius 1 is 1.00 bits per heavy atom. The third-order valence-electron chi connectivity index (χ3n) is 3.55. The van der Waals surface area contributed by atoms with Gasteiger partial charge < -0.3 is 9.30 Å². The second kappa shape index (κ2) is 11.3. The molecular weight excluding hydrogens is 318 g/mol. The molecule has 1 rings (SSSR count).